The van der Waals surface area contributed by atoms with Gasteiger partial charge in [0.05, 0.1) is 12.4 Å². The van der Waals surface area contributed by atoms with Gasteiger partial charge >= 0.3 is 11.1 Å². The number of aryl methyl sites for hydroxylation is 1. The van der Waals surface area contributed by atoms with Crippen LogP contribution in [-0.2, 0) is 7.05 Å². The van der Waals surface area contributed by atoms with Gasteiger partial charge in [0.2, 0.25) is 0 Å². The minimum absolute atomic E-state index is 0.148. The summed E-state index contributed by atoms with van der Waals surface area (Å²) in [4.78, 5) is 26.4. The zero-order chi connectivity index (χ0) is 15.4. The molecule has 0 saturated heterocycles. The summed E-state index contributed by atoms with van der Waals surface area (Å²) in [6.45, 7) is 0.333. The Labute approximate surface area is 125 Å². The molecule has 0 spiro atoms. The van der Waals surface area contributed by atoms with Crippen molar-refractivity contribution in [1.82, 2.24) is 14.8 Å². The quantitative estimate of drug-likeness (QED) is 0.607. The summed E-state index contributed by atoms with van der Waals surface area (Å²) in [6, 6.07) is 7.51. The minimum atomic E-state index is -0.814. The molecular formula is C13H16N4O3S. The lowest BCUT2D eigenvalue weighted by atomic mass is 10.1. The smallest absolute Gasteiger partial charge is 0.339 e. The van der Waals surface area contributed by atoms with Crippen LogP contribution in [0.1, 0.15) is 10.8 Å². The van der Waals surface area contributed by atoms with Crippen molar-refractivity contribution in [3.05, 3.63) is 50.5 Å². The van der Waals surface area contributed by atoms with Crippen LogP contribution in [0.15, 0.2) is 39.0 Å². The van der Waals surface area contributed by atoms with Crippen molar-refractivity contribution in [3.63, 3.8) is 0 Å². The van der Waals surface area contributed by atoms with E-state index in [-0.39, 0.29) is 5.25 Å². The van der Waals surface area contributed by atoms with Crippen molar-refractivity contribution in [1.29, 1.82) is 0 Å². The van der Waals surface area contributed by atoms with Crippen LogP contribution in [0.2, 0.25) is 0 Å². The molecule has 112 valence electrons. The van der Waals surface area contributed by atoms with Crippen molar-refractivity contribution in [3.8, 4) is 5.75 Å². The van der Waals surface area contributed by atoms with E-state index in [2.05, 4.69) is 10.1 Å². The first-order valence-corrected chi connectivity index (χ1v) is 7.11. The molecule has 1 unspecified atom stereocenters. The van der Waals surface area contributed by atoms with Crippen LogP contribution in [0, 0.1) is 0 Å². The number of hydrogen-bond acceptors (Lipinski definition) is 6. The Morgan fingerprint density at radius 1 is 1.43 bits per heavy atom. The Bertz CT molecular complexity index is 741. The predicted octanol–water partition coefficient (Wildman–Crippen LogP) is 0.269. The molecule has 0 radical (unpaired) electrons. The van der Waals surface area contributed by atoms with Crippen LogP contribution < -0.4 is 21.6 Å². The van der Waals surface area contributed by atoms with E-state index < -0.39 is 11.1 Å². The summed E-state index contributed by atoms with van der Waals surface area (Å²) in [6.07, 6.45) is 0. The van der Waals surface area contributed by atoms with E-state index in [4.69, 9.17) is 10.5 Å². The zero-order valence-electron chi connectivity index (χ0n) is 11.7. The number of para-hydroxylation sites is 1. The highest BCUT2D eigenvalue weighted by atomic mass is 32.2. The molecule has 2 aromatic rings. The maximum absolute atomic E-state index is 11.4. The van der Waals surface area contributed by atoms with Crippen LogP contribution in [0.3, 0.4) is 0 Å². The van der Waals surface area contributed by atoms with Crippen LogP contribution in [0.25, 0.3) is 0 Å². The van der Waals surface area contributed by atoms with Crippen molar-refractivity contribution in [2.75, 3.05) is 13.7 Å². The van der Waals surface area contributed by atoms with Gasteiger partial charge in [-0.3, -0.25) is 19.4 Å². The summed E-state index contributed by atoms with van der Waals surface area (Å²) in [5.41, 5.74) is 5.18. The fraction of sp³-hybridized carbons (Fsp3) is 0.308. The fourth-order valence-electron chi connectivity index (χ4n) is 1.86. The van der Waals surface area contributed by atoms with Gasteiger partial charge in [-0.15, -0.1) is 0 Å². The molecule has 7 nitrogen and oxygen atoms in total. The van der Waals surface area contributed by atoms with Gasteiger partial charge in [0.25, 0.3) is 0 Å². The van der Waals surface area contributed by atoms with Gasteiger partial charge in [-0.2, -0.15) is 4.98 Å². The van der Waals surface area contributed by atoms with Gasteiger partial charge in [-0.1, -0.05) is 30.0 Å². The third-order valence-corrected chi connectivity index (χ3v) is 4.20. The molecule has 0 amide bonds. The maximum Gasteiger partial charge on any atom is 0.339 e. The number of benzene rings is 1. The number of nitrogens with two attached hydrogens (primary N) is 1. The highest BCUT2D eigenvalue weighted by Crippen LogP contribution is 2.36. The first kappa shape index (κ1) is 15.3. The predicted molar refractivity (Wildman–Crippen MR) is 80.7 cm³/mol. The molecule has 1 aromatic carbocycles. The Hall–Kier alpha value is -2.06. The molecule has 0 fully saturated rings. The zero-order valence-corrected chi connectivity index (χ0v) is 12.5. The lowest BCUT2D eigenvalue weighted by molar-refractivity contribution is 0.409. The van der Waals surface area contributed by atoms with Crippen LogP contribution in [0.5, 0.6) is 5.75 Å². The Balaban J connectivity index is 2.38. The van der Waals surface area contributed by atoms with Gasteiger partial charge in [0.1, 0.15) is 5.75 Å². The van der Waals surface area contributed by atoms with E-state index >= 15 is 0 Å². The monoisotopic (exact) mass is 308 g/mol. The average molecular weight is 308 g/mol. The van der Waals surface area contributed by atoms with Crippen molar-refractivity contribution < 1.29 is 4.74 Å². The first-order chi connectivity index (χ1) is 10.1. The average Bonchev–Trinajstić information content (AvgIpc) is 2.49. The number of methoxy groups -OCH3 is 1. The Morgan fingerprint density at radius 3 is 2.81 bits per heavy atom. The standard InChI is InChI=1S/C13H16N4O3S/c1-17-13(15-11(18)12(19)16-17)21-10(7-14)8-5-3-4-6-9(8)20-2/h3-6,10H,7,14H2,1-2H3,(H,16,19). The largest absolute Gasteiger partial charge is 0.496 e. The third-order valence-electron chi connectivity index (χ3n) is 2.90. The van der Waals surface area contributed by atoms with E-state index in [9.17, 15) is 9.59 Å². The number of aromatic amines is 1. The number of aromatic nitrogens is 3. The third kappa shape index (κ3) is 3.34. The van der Waals surface area contributed by atoms with Crippen molar-refractivity contribution in [2.45, 2.75) is 10.4 Å². The summed E-state index contributed by atoms with van der Waals surface area (Å²) in [5, 5.41) is 2.65. The van der Waals surface area contributed by atoms with E-state index in [1.54, 1.807) is 14.2 Å². The lowest BCUT2D eigenvalue weighted by Crippen LogP contribution is -2.34. The second kappa shape index (κ2) is 6.59. The molecule has 2 rings (SSSR count). The molecule has 0 aliphatic heterocycles. The van der Waals surface area contributed by atoms with E-state index in [0.717, 1.165) is 11.3 Å². The number of hydrogen-bond donors (Lipinski definition) is 2. The van der Waals surface area contributed by atoms with Gasteiger partial charge in [0, 0.05) is 19.2 Å². The first-order valence-electron chi connectivity index (χ1n) is 6.23. The topological polar surface area (TPSA) is 103 Å². The lowest BCUT2D eigenvalue weighted by Gasteiger charge is -2.18. The molecule has 0 aliphatic carbocycles. The maximum atomic E-state index is 11.4. The molecular weight excluding hydrogens is 292 g/mol. The van der Waals surface area contributed by atoms with Gasteiger partial charge < -0.3 is 10.5 Å². The molecule has 1 heterocycles. The molecule has 8 heteroatoms. The normalized spacial score (nSPS) is 12.1. The summed E-state index contributed by atoms with van der Waals surface area (Å²) < 4.78 is 6.73. The second-order valence-corrected chi connectivity index (χ2v) is 5.45. The molecule has 21 heavy (non-hydrogen) atoms. The summed E-state index contributed by atoms with van der Waals surface area (Å²) in [5.74, 6) is 0.717. The van der Waals surface area contributed by atoms with Gasteiger partial charge in [-0.25, -0.2) is 0 Å². The van der Waals surface area contributed by atoms with Crippen LogP contribution in [0.4, 0.5) is 0 Å². The van der Waals surface area contributed by atoms with E-state index in [1.807, 2.05) is 24.3 Å². The number of thioether (sulfide) groups is 1. The highest BCUT2D eigenvalue weighted by Gasteiger charge is 2.18. The molecule has 0 saturated carbocycles. The van der Waals surface area contributed by atoms with Crippen molar-refractivity contribution in [2.24, 2.45) is 12.8 Å². The van der Waals surface area contributed by atoms with E-state index in [1.165, 1.54) is 16.4 Å². The number of H-pyrrole nitrogens is 1. The SMILES string of the molecule is COc1ccccc1C(CN)Sc1nc(=O)c(=O)[nH]n1C. The molecule has 3 N–H and O–H groups in total. The Kier molecular flexibility index (Phi) is 4.81. The molecule has 0 aliphatic rings. The van der Waals surface area contributed by atoms with Crippen molar-refractivity contribution >= 4 is 11.8 Å². The van der Waals surface area contributed by atoms with E-state index in [0.29, 0.717) is 11.7 Å². The fourth-order valence-corrected chi connectivity index (χ4v) is 2.88. The number of nitrogens with zero attached hydrogens (tertiary/aromatic N) is 2. The molecule has 1 aromatic heterocycles. The number of ether oxygens (including phenoxy) is 1. The van der Waals surface area contributed by atoms with Crippen LogP contribution >= 0.6 is 11.8 Å². The highest BCUT2D eigenvalue weighted by molar-refractivity contribution is 7.99. The molecule has 1 atom stereocenters. The Morgan fingerprint density at radius 2 is 2.14 bits per heavy atom. The van der Waals surface area contributed by atoms with Gasteiger partial charge in [-0.05, 0) is 6.07 Å². The second-order valence-electron chi connectivity index (χ2n) is 4.28. The van der Waals surface area contributed by atoms with Crippen LogP contribution in [-0.4, -0.2) is 28.4 Å². The molecule has 0 bridgehead atoms. The number of nitrogens with one attached hydrogen (secondary N) is 1. The van der Waals surface area contributed by atoms with Gasteiger partial charge in [0.15, 0.2) is 5.16 Å². The minimum Gasteiger partial charge on any atom is -0.496 e. The number of rotatable bonds is 5. The summed E-state index contributed by atoms with van der Waals surface area (Å²) >= 11 is 1.30. The summed E-state index contributed by atoms with van der Waals surface area (Å²) in [7, 11) is 3.21.